The number of sulfonamides is 1. The van der Waals surface area contributed by atoms with E-state index >= 15 is 0 Å². The Morgan fingerprint density at radius 2 is 1.96 bits per heavy atom. The van der Waals surface area contributed by atoms with Gasteiger partial charge >= 0.3 is 0 Å². The molecule has 0 aliphatic heterocycles. The highest BCUT2D eigenvalue weighted by Gasteiger charge is 2.25. The number of carbonyl (C=O) groups is 1. The monoisotopic (exact) mass is 381 g/mol. The topological polar surface area (TPSA) is 79.4 Å². The summed E-state index contributed by atoms with van der Waals surface area (Å²) in [7, 11) is -2.22. The highest BCUT2D eigenvalue weighted by Crippen LogP contribution is 2.24. The predicted molar refractivity (Wildman–Crippen MR) is 98.5 cm³/mol. The molecule has 1 aromatic carbocycles. The Morgan fingerprint density at radius 1 is 1.28 bits per heavy atom. The number of nitrogens with one attached hydrogen (secondary N) is 1. The molecule has 0 spiro atoms. The zero-order valence-electron chi connectivity index (χ0n) is 14.4. The summed E-state index contributed by atoms with van der Waals surface area (Å²) >= 11 is 6.10. The van der Waals surface area contributed by atoms with Gasteiger partial charge in [-0.25, -0.2) is 13.4 Å². The Kier molecular flexibility index (Phi) is 5.82. The van der Waals surface area contributed by atoms with Gasteiger partial charge in [0.1, 0.15) is 5.82 Å². The van der Waals surface area contributed by atoms with Crippen LogP contribution in [0.4, 0.5) is 5.82 Å². The summed E-state index contributed by atoms with van der Waals surface area (Å²) < 4.78 is 26.5. The number of nitrogens with zero attached hydrogens (tertiary/aromatic N) is 2. The van der Waals surface area contributed by atoms with E-state index in [9.17, 15) is 13.2 Å². The van der Waals surface area contributed by atoms with Crippen molar-refractivity contribution in [3.05, 3.63) is 52.7 Å². The van der Waals surface area contributed by atoms with Gasteiger partial charge in [0, 0.05) is 19.3 Å². The van der Waals surface area contributed by atoms with Gasteiger partial charge in [0.05, 0.1) is 15.5 Å². The van der Waals surface area contributed by atoms with Gasteiger partial charge in [0.15, 0.2) is 0 Å². The molecule has 0 atom stereocenters. The summed E-state index contributed by atoms with van der Waals surface area (Å²) in [5.41, 5.74) is 0.861. The molecule has 0 saturated heterocycles. The lowest BCUT2D eigenvalue weighted by Gasteiger charge is -2.21. The maximum Gasteiger partial charge on any atom is 0.258 e. The second-order valence-electron chi connectivity index (χ2n) is 5.88. The molecule has 0 bridgehead atoms. The van der Waals surface area contributed by atoms with Crippen molar-refractivity contribution in [2.45, 2.75) is 31.7 Å². The number of benzene rings is 1. The number of rotatable bonds is 5. The molecule has 8 heteroatoms. The van der Waals surface area contributed by atoms with Gasteiger partial charge in [-0.15, -0.1) is 0 Å². The van der Waals surface area contributed by atoms with E-state index in [4.69, 9.17) is 11.6 Å². The molecule has 1 aromatic heterocycles. The number of aromatic nitrogens is 1. The van der Waals surface area contributed by atoms with Crippen LogP contribution in [0.5, 0.6) is 0 Å². The average molecular weight is 382 g/mol. The number of hydrogen-bond acceptors (Lipinski definition) is 4. The molecular weight excluding hydrogens is 362 g/mol. The first-order chi connectivity index (χ1) is 11.6. The lowest BCUT2D eigenvalue weighted by molar-refractivity contribution is 0.102. The van der Waals surface area contributed by atoms with E-state index in [1.807, 2.05) is 13.0 Å². The Bertz CT molecular complexity index is 898. The first-order valence-electron chi connectivity index (χ1n) is 7.65. The number of amides is 1. The summed E-state index contributed by atoms with van der Waals surface area (Å²) in [6.07, 6.45) is 1.56. The molecule has 0 saturated carbocycles. The molecule has 0 fully saturated rings. The Balaban J connectivity index is 2.40. The molecule has 2 rings (SSSR count). The lowest BCUT2D eigenvalue weighted by Crippen LogP contribution is -2.33. The van der Waals surface area contributed by atoms with Crippen LogP contribution in [0.1, 0.15) is 29.8 Å². The predicted octanol–water partition coefficient (Wildman–Crippen LogP) is 3.32. The molecule has 0 aliphatic carbocycles. The third kappa shape index (κ3) is 4.18. The minimum Gasteiger partial charge on any atom is -0.306 e. The summed E-state index contributed by atoms with van der Waals surface area (Å²) in [6.45, 7) is 5.35. The van der Waals surface area contributed by atoms with Crippen molar-refractivity contribution in [2.24, 2.45) is 0 Å². The number of pyridine rings is 1. The van der Waals surface area contributed by atoms with Crippen LogP contribution in [0.2, 0.25) is 5.02 Å². The largest absolute Gasteiger partial charge is 0.306 e. The summed E-state index contributed by atoms with van der Waals surface area (Å²) in [6, 6.07) is 7.43. The number of aryl methyl sites for hydroxylation is 1. The van der Waals surface area contributed by atoms with Crippen LogP contribution in [0, 0.1) is 6.92 Å². The minimum atomic E-state index is -3.71. The SMILES string of the molecule is Cc1cccnc1NC(=O)c1cc(S(=O)(=O)N(C)C(C)C)ccc1Cl. The van der Waals surface area contributed by atoms with Crippen molar-refractivity contribution in [3.63, 3.8) is 0 Å². The fourth-order valence-electron chi connectivity index (χ4n) is 2.07. The Hall–Kier alpha value is -1.96. The Labute approximate surface area is 152 Å². The van der Waals surface area contributed by atoms with Crippen molar-refractivity contribution in [1.29, 1.82) is 0 Å². The molecule has 2 aromatic rings. The van der Waals surface area contributed by atoms with Crippen LogP contribution in [0.3, 0.4) is 0 Å². The zero-order chi connectivity index (χ0) is 18.8. The molecule has 6 nitrogen and oxygen atoms in total. The third-order valence-electron chi connectivity index (χ3n) is 3.83. The summed E-state index contributed by atoms with van der Waals surface area (Å²) in [5.74, 6) is -0.118. The van der Waals surface area contributed by atoms with Crippen molar-refractivity contribution < 1.29 is 13.2 Å². The number of hydrogen-bond donors (Lipinski definition) is 1. The number of anilines is 1. The fraction of sp³-hybridized carbons (Fsp3) is 0.294. The second-order valence-corrected chi connectivity index (χ2v) is 8.28. The smallest absolute Gasteiger partial charge is 0.258 e. The standard InChI is InChI=1S/C17H20ClN3O3S/c1-11(2)21(4)25(23,24)13-7-8-15(18)14(10-13)17(22)20-16-12(3)6-5-9-19-16/h5-11H,1-4H3,(H,19,20,22). The molecule has 1 heterocycles. The van der Waals surface area contributed by atoms with E-state index in [0.29, 0.717) is 5.82 Å². The van der Waals surface area contributed by atoms with E-state index < -0.39 is 15.9 Å². The molecule has 134 valence electrons. The second kappa shape index (κ2) is 7.51. The molecule has 0 unspecified atom stereocenters. The third-order valence-corrected chi connectivity index (χ3v) is 6.19. The van der Waals surface area contributed by atoms with Crippen LogP contribution in [0.15, 0.2) is 41.4 Å². The van der Waals surface area contributed by atoms with Crippen LogP contribution < -0.4 is 5.32 Å². The molecule has 0 radical (unpaired) electrons. The van der Waals surface area contributed by atoms with Gasteiger partial charge in [-0.1, -0.05) is 17.7 Å². The van der Waals surface area contributed by atoms with E-state index in [2.05, 4.69) is 10.3 Å². The van der Waals surface area contributed by atoms with E-state index in [1.165, 1.54) is 29.6 Å². The highest BCUT2D eigenvalue weighted by atomic mass is 35.5. The summed E-state index contributed by atoms with van der Waals surface area (Å²) in [5, 5.41) is 2.82. The first-order valence-corrected chi connectivity index (χ1v) is 9.47. The van der Waals surface area contributed by atoms with Crippen LogP contribution >= 0.6 is 11.6 Å². The molecule has 0 aliphatic rings. The highest BCUT2D eigenvalue weighted by molar-refractivity contribution is 7.89. The van der Waals surface area contributed by atoms with Gasteiger partial charge < -0.3 is 5.32 Å². The van der Waals surface area contributed by atoms with E-state index in [-0.39, 0.29) is 21.5 Å². The molecule has 1 amide bonds. The minimum absolute atomic E-state index is 0.0102. The van der Waals surface area contributed by atoms with Gasteiger partial charge in [-0.05, 0) is 50.6 Å². The number of carbonyl (C=O) groups excluding carboxylic acids is 1. The summed E-state index contributed by atoms with van der Waals surface area (Å²) in [4.78, 5) is 16.6. The van der Waals surface area contributed by atoms with Crippen LogP contribution in [-0.4, -0.2) is 36.7 Å². The van der Waals surface area contributed by atoms with Crippen molar-refractivity contribution in [2.75, 3.05) is 12.4 Å². The molecular formula is C17H20ClN3O3S. The maximum absolute atomic E-state index is 12.6. The van der Waals surface area contributed by atoms with Crippen molar-refractivity contribution in [1.82, 2.24) is 9.29 Å². The van der Waals surface area contributed by atoms with Crippen LogP contribution in [0.25, 0.3) is 0 Å². The fourth-order valence-corrected chi connectivity index (χ4v) is 3.67. The molecule has 25 heavy (non-hydrogen) atoms. The van der Waals surface area contributed by atoms with E-state index in [0.717, 1.165) is 5.56 Å². The Morgan fingerprint density at radius 3 is 2.56 bits per heavy atom. The first kappa shape index (κ1) is 19.4. The van der Waals surface area contributed by atoms with Crippen molar-refractivity contribution >= 4 is 33.3 Å². The molecule has 1 N–H and O–H groups in total. The van der Waals surface area contributed by atoms with Gasteiger partial charge in [-0.2, -0.15) is 4.31 Å². The van der Waals surface area contributed by atoms with Gasteiger partial charge in [-0.3, -0.25) is 4.79 Å². The zero-order valence-corrected chi connectivity index (χ0v) is 16.0. The normalized spacial score (nSPS) is 11.8. The quantitative estimate of drug-likeness (QED) is 0.861. The van der Waals surface area contributed by atoms with Gasteiger partial charge in [0.25, 0.3) is 5.91 Å². The van der Waals surface area contributed by atoms with E-state index in [1.54, 1.807) is 26.1 Å². The lowest BCUT2D eigenvalue weighted by atomic mass is 10.2. The number of halogens is 1. The van der Waals surface area contributed by atoms with Crippen molar-refractivity contribution in [3.8, 4) is 0 Å². The maximum atomic E-state index is 12.6. The van der Waals surface area contributed by atoms with Gasteiger partial charge in [0.2, 0.25) is 10.0 Å². The average Bonchev–Trinajstić information content (AvgIpc) is 2.56. The van der Waals surface area contributed by atoms with Crippen LogP contribution in [-0.2, 0) is 10.0 Å².